The van der Waals surface area contributed by atoms with Crippen LogP contribution in [-0.4, -0.2) is 86.0 Å². The van der Waals surface area contributed by atoms with Crippen molar-refractivity contribution in [1.29, 1.82) is 0 Å². The number of ketones is 1. The number of Topliss-reactive ketones (excluding diaryl/α,β-unsaturated/α-hetero) is 1. The van der Waals surface area contributed by atoms with E-state index in [0.717, 1.165) is 11.1 Å². The van der Waals surface area contributed by atoms with Gasteiger partial charge in [-0.2, -0.15) is 0 Å². The first-order chi connectivity index (χ1) is 19.2. The van der Waals surface area contributed by atoms with Crippen molar-refractivity contribution >= 4 is 38.7 Å². The Morgan fingerprint density at radius 3 is 2.29 bits per heavy atom. The average Bonchev–Trinajstić information content (AvgIpc) is 2.92. The van der Waals surface area contributed by atoms with E-state index in [2.05, 4.69) is 0 Å². The second kappa shape index (κ2) is 10.2. The van der Waals surface area contributed by atoms with Crippen molar-refractivity contribution in [2.24, 2.45) is 22.7 Å². The van der Waals surface area contributed by atoms with Crippen molar-refractivity contribution < 1.29 is 42.6 Å². The monoisotopic (exact) mass is 602 g/mol. The first-order valence-corrected chi connectivity index (χ1v) is 15.9. The molecule has 0 amide bonds. The van der Waals surface area contributed by atoms with Gasteiger partial charge in [-0.05, 0) is 37.1 Å². The highest BCUT2D eigenvalue weighted by molar-refractivity contribution is 5.99. The quantitative estimate of drug-likeness (QED) is 0.299. The third-order valence-corrected chi connectivity index (χ3v) is 11.9. The molecule has 0 spiro atoms. The predicted octanol–water partition coefficient (Wildman–Crippen LogP) is 0.966. The average molecular weight is 603 g/mol. The van der Waals surface area contributed by atoms with Crippen LogP contribution in [0.5, 0.6) is 0 Å². The van der Waals surface area contributed by atoms with Gasteiger partial charge in [-0.1, -0.05) is 39.0 Å². The molecule has 0 radical (unpaired) electrons. The normalized spacial score (nSPS) is 41.4. The molecular formula is C30H42O9Si2. The van der Waals surface area contributed by atoms with Gasteiger partial charge in [0.05, 0.1) is 35.7 Å². The number of carbonyl (C=O) groups excluding carboxylic acids is 3. The fourth-order valence-corrected chi connectivity index (χ4v) is 9.92. The van der Waals surface area contributed by atoms with E-state index < -0.39 is 70.2 Å². The summed E-state index contributed by atoms with van der Waals surface area (Å²) in [6, 6.07) is 8.57. The summed E-state index contributed by atoms with van der Waals surface area (Å²) in [4.78, 5) is 41.4. The maximum atomic E-state index is 14.9. The van der Waals surface area contributed by atoms with Crippen LogP contribution in [-0.2, 0) is 32.7 Å². The van der Waals surface area contributed by atoms with E-state index in [1.807, 2.05) is 34.6 Å². The molecule has 2 bridgehead atoms. The van der Waals surface area contributed by atoms with E-state index in [9.17, 15) is 19.5 Å². The fourth-order valence-electron chi connectivity index (χ4n) is 8.72. The Hall–Kier alpha value is -2.16. The number of hydrogen-bond donors (Lipinski definition) is 1. The number of esters is 2. The van der Waals surface area contributed by atoms with Gasteiger partial charge in [0.15, 0.2) is 5.60 Å². The van der Waals surface area contributed by atoms with E-state index in [1.54, 1.807) is 30.3 Å². The summed E-state index contributed by atoms with van der Waals surface area (Å²) in [7, 11) is 0.747. The molecule has 1 N–H and O–H groups in total. The molecule has 1 heterocycles. The number of aliphatic hydroxyl groups is 1. The highest BCUT2D eigenvalue weighted by Crippen LogP contribution is 2.65. The minimum absolute atomic E-state index is 0.0191. The van der Waals surface area contributed by atoms with Crippen LogP contribution in [0.15, 0.2) is 41.5 Å². The van der Waals surface area contributed by atoms with Crippen LogP contribution in [0.25, 0.3) is 0 Å². The molecule has 3 aliphatic carbocycles. The van der Waals surface area contributed by atoms with Gasteiger partial charge in [0.25, 0.3) is 0 Å². The minimum atomic E-state index is -1.69. The topological polar surface area (TPSA) is 118 Å². The Morgan fingerprint density at radius 2 is 1.76 bits per heavy atom. The zero-order valence-corrected chi connectivity index (χ0v) is 29.2. The van der Waals surface area contributed by atoms with Crippen LogP contribution < -0.4 is 0 Å². The van der Waals surface area contributed by atoms with E-state index in [1.165, 1.54) is 6.92 Å². The van der Waals surface area contributed by atoms with Crippen molar-refractivity contribution in [2.45, 2.75) is 90.0 Å². The van der Waals surface area contributed by atoms with Gasteiger partial charge in [-0.25, -0.2) is 4.79 Å². The smallest absolute Gasteiger partial charge is 0.338 e. The molecule has 0 aromatic heterocycles. The number of hydrogen-bond acceptors (Lipinski definition) is 9. The highest BCUT2D eigenvalue weighted by atomic mass is 28.2. The first-order valence-electron chi connectivity index (χ1n) is 14.3. The Kier molecular flexibility index (Phi) is 7.57. The van der Waals surface area contributed by atoms with E-state index in [4.69, 9.17) is 23.1 Å². The number of carbonyl (C=O) groups is 3. The molecule has 7 unspecified atom stereocenters. The molecular weight excluding hydrogens is 560 g/mol. The lowest BCUT2D eigenvalue weighted by atomic mass is 9.43. The molecule has 3 fully saturated rings. The van der Waals surface area contributed by atoms with Crippen LogP contribution >= 0.6 is 0 Å². The van der Waals surface area contributed by atoms with Gasteiger partial charge >= 0.3 is 11.9 Å². The second-order valence-corrected chi connectivity index (χ2v) is 13.9. The van der Waals surface area contributed by atoms with Crippen LogP contribution in [0.2, 0.25) is 0 Å². The SMILES string of the molecule is CC(=O)OC12COC1CC(O[SiH3])[C@@]1(C)C(=O)[C@H](C)C3=C(C)C(O[SiH3])CC(O)(C(OC(=O)c4ccccc4)C21)C3(C)C. The van der Waals surface area contributed by atoms with Crippen LogP contribution in [0.4, 0.5) is 0 Å². The second-order valence-electron chi connectivity index (χ2n) is 12.9. The molecule has 2 saturated carbocycles. The Bertz CT molecular complexity index is 1280. The largest absolute Gasteiger partial charge is 0.455 e. The zero-order chi connectivity index (χ0) is 30.1. The summed E-state index contributed by atoms with van der Waals surface area (Å²) in [5.41, 5.74) is -3.25. The van der Waals surface area contributed by atoms with Crippen molar-refractivity contribution in [1.82, 2.24) is 0 Å². The molecule has 9 atom stereocenters. The summed E-state index contributed by atoms with van der Waals surface area (Å²) < 4.78 is 30.7. The highest BCUT2D eigenvalue weighted by Gasteiger charge is 2.77. The molecule has 1 aromatic rings. The zero-order valence-electron chi connectivity index (χ0n) is 25.2. The minimum Gasteiger partial charge on any atom is -0.455 e. The fraction of sp³-hybridized carbons (Fsp3) is 0.633. The predicted molar refractivity (Wildman–Crippen MR) is 156 cm³/mol. The summed E-state index contributed by atoms with van der Waals surface area (Å²) in [6.07, 6.45) is -2.40. The van der Waals surface area contributed by atoms with Gasteiger partial charge in [-0.15, -0.1) is 0 Å². The number of rotatable bonds is 5. The standard InChI is InChI=1S/C30H42O9Si2/c1-15-19(38-40)13-30(34)25(36-26(33)18-10-8-7-9-11-18)23-28(6,24(32)16(2)22(15)27(30,4)5)20(39-41)12-21-29(23,14-35-21)37-17(3)31/h7-11,16,19-21,23,25,34H,12-14H2,1-6,40-41H3/t16-,19?,20?,21?,23?,25?,28-,29?,30?/m1/s1. The third kappa shape index (κ3) is 4.10. The van der Waals surface area contributed by atoms with Crippen molar-refractivity contribution in [3.05, 3.63) is 47.0 Å². The van der Waals surface area contributed by atoms with Gasteiger partial charge in [0.1, 0.15) is 44.6 Å². The summed E-state index contributed by atoms with van der Waals surface area (Å²) in [5, 5.41) is 13.1. The Balaban J connectivity index is 1.83. The van der Waals surface area contributed by atoms with E-state index in [0.29, 0.717) is 33.0 Å². The molecule has 41 heavy (non-hydrogen) atoms. The van der Waals surface area contributed by atoms with Crippen molar-refractivity contribution in [3.63, 3.8) is 0 Å². The maximum absolute atomic E-state index is 14.9. The molecule has 1 aliphatic heterocycles. The molecule has 4 aliphatic rings. The summed E-state index contributed by atoms with van der Waals surface area (Å²) >= 11 is 0. The number of fused-ring (bicyclic) bond motifs is 5. The molecule has 9 nitrogen and oxygen atoms in total. The van der Waals surface area contributed by atoms with Gasteiger partial charge in [0.2, 0.25) is 0 Å². The number of benzene rings is 1. The van der Waals surface area contributed by atoms with Crippen LogP contribution in [0, 0.1) is 22.7 Å². The molecule has 1 saturated heterocycles. The lowest BCUT2D eigenvalue weighted by Crippen LogP contribution is -2.81. The number of ether oxygens (including phenoxy) is 3. The maximum Gasteiger partial charge on any atom is 0.338 e. The van der Waals surface area contributed by atoms with Crippen LogP contribution in [0.3, 0.4) is 0 Å². The molecule has 1 aromatic carbocycles. The summed E-state index contributed by atoms with van der Waals surface area (Å²) in [5.74, 6) is -2.82. The van der Waals surface area contributed by atoms with E-state index >= 15 is 0 Å². The Labute approximate surface area is 247 Å². The summed E-state index contributed by atoms with van der Waals surface area (Å²) in [6.45, 7) is 10.8. The van der Waals surface area contributed by atoms with Gasteiger partial charge in [0, 0.05) is 31.1 Å². The first kappa shape index (κ1) is 30.3. The molecule has 224 valence electrons. The molecule has 5 rings (SSSR count). The van der Waals surface area contributed by atoms with Gasteiger partial charge in [-0.3, -0.25) is 9.59 Å². The van der Waals surface area contributed by atoms with E-state index in [-0.39, 0.29) is 18.8 Å². The molecule has 11 heteroatoms. The lowest BCUT2D eigenvalue weighted by Gasteiger charge is -2.68. The lowest BCUT2D eigenvalue weighted by molar-refractivity contribution is -0.343. The Morgan fingerprint density at radius 1 is 1.10 bits per heavy atom. The van der Waals surface area contributed by atoms with Crippen LogP contribution in [0.1, 0.15) is 64.7 Å². The van der Waals surface area contributed by atoms with Gasteiger partial charge < -0.3 is 28.2 Å². The third-order valence-electron chi connectivity index (χ3n) is 10.8. The van der Waals surface area contributed by atoms with Crippen molar-refractivity contribution in [3.8, 4) is 0 Å². The van der Waals surface area contributed by atoms with Crippen molar-refractivity contribution in [2.75, 3.05) is 6.61 Å².